The molecule has 1 amide bonds. The maximum Gasteiger partial charge on any atom is 0.306 e. The highest BCUT2D eigenvalue weighted by Crippen LogP contribution is 2.67. The quantitative estimate of drug-likeness (QED) is 0.154. The third-order valence-corrected chi connectivity index (χ3v) is 13.6. The number of rotatable bonds is 9. The molecule has 1 heterocycles. The Balaban J connectivity index is 1.16. The lowest BCUT2D eigenvalue weighted by molar-refractivity contribution is -0.152. The van der Waals surface area contributed by atoms with Crippen molar-refractivity contribution in [2.45, 2.75) is 124 Å². The second-order valence-corrected chi connectivity index (χ2v) is 16.5. The summed E-state index contributed by atoms with van der Waals surface area (Å²) >= 11 is 6.79. The highest BCUT2D eigenvalue weighted by molar-refractivity contribution is 8.23. The summed E-state index contributed by atoms with van der Waals surface area (Å²) in [5.41, 5.74) is 2.32. The number of thioether (sulfide) groups is 1. The maximum absolute atomic E-state index is 12.7. The Morgan fingerprint density at radius 1 is 1.07 bits per heavy atom. The van der Waals surface area contributed by atoms with E-state index >= 15 is 0 Å². The molecule has 4 aliphatic carbocycles. The van der Waals surface area contributed by atoms with Gasteiger partial charge in [0.1, 0.15) is 10.4 Å². The first-order valence-electron chi connectivity index (χ1n) is 16.4. The van der Waals surface area contributed by atoms with E-state index in [0.29, 0.717) is 16.3 Å². The van der Waals surface area contributed by atoms with Crippen molar-refractivity contribution in [3.8, 4) is 0 Å². The smallest absolute Gasteiger partial charge is 0.306 e. The summed E-state index contributed by atoms with van der Waals surface area (Å²) in [6, 6.07) is 0. The first-order valence-corrected chi connectivity index (χ1v) is 17.8. The van der Waals surface area contributed by atoms with Crippen LogP contribution in [-0.2, 0) is 14.3 Å². The molecule has 8 atom stereocenters. The summed E-state index contributed by atoms with van der Waals surface area (Å²) in [5, 5.41) is 0. The summed E-state index contributed by atoms with van der Waals surface area (Å²) < 4.78 is 6.58. The zero-order valence-corrected chi connectivity index (χ0v) is 27.3. The van der Waals surface area contributed by atoms with Crippen molar-refractivity contribution >= 4 is 40.2 Å². The Bertz CT molecular complexity index is 1010. The first kappa shape index (κ1) is 30.6. The Morgan fingerprint density at radius 3 is 2.60 bits per heavy atom. The minimum absolute atomic E-state index is 0.0432. The van der Waals surface area contributed by atoms with Crippen LogP contribution in [0.5, 0.6) is 0 Å². The normalized spacial score (nSPS) is 38.0. The fourth-order valence-corrected chi connectivity index (χ4v) is 11.2. The van der Waals surface area contributed by atoms with Gasteiger partial charge in [-0.3, -0.25) is 14.5 Å². The van der Waals surface area contributed by atoms with Crippen LogP contribution < -0.4 is 0 Å². The zero-order valence-electron chi connectivity index (χ0n) is 25.7. The van der Waals surface area contributed by atoms with Gasteiger partial charge in [0.25, 0.3) is 0 Å². The molecule has 6 heteroatoms. The second kappa shape index (κ2) is 12.4. The van der Waals surface area contributed by atoms with Crippen molar-refractivity contribution < 1.29 is 14.3 Å². The molecule has 1 aliphatic heterocycles. The Morgan fingerprint density at radius 2 is 1.88 bits per heavy atom. The van der Waals surface area contributed by atoms with Crippen molar-refractivity contribution in [3.05, 3.63) is 11.6 Å². The minimum atomic E-state index is -0.234. The van der Waals surface area contributed by atoms with Gasteiger partial charge < -0.3 is 4.74 Å². The van der Waals surface area contributed by atoms with Gasteiger partial charge >= 0.3 is 5.97 Å². The molecular formula is C34H53NO3S2. The molecule has 40 heavy (non-hydrogen) atoms. The SMILES string of the molecule is CC(C)CCC[C@@H](C)[C@H]1CC[C@H]2[C@@H]3CC=C4C[C@@H](OC(=O)CCC(=O)N5CCSC5=S)CC[C@]4(C)[C@H]3CC[C@]12C. The van der Waals surface area contributed by atoms with Crippen LogP contribution in [0.3, 0.4) is 0 Å². The summed E-state index contributed by atoms with van der Waals surface area (Å²) in [6.45, 7) is 13.1. The number of fused-ring (bicyclic) bond motifs is 5. The van der Waals surface area contributed by atoms with E-state index in [9.17, 15) is 9.59 Å². The van der Waals surface area contributed by atoms with Crippen LogP contribution in [0.15, 0.2) is 11.6 Å². The second-order valence-electron chi connectivity index (χ2n) is 14.8. The van der Waals surface area contributed by atoms with E-state index in [1.807, 2.05) is 0 Å². The summed E-state index contributed by atoms with van der Waals surface area (Å²) in [5.74, 6) is 5.60. The molecule has 4 fully saturated rings. The van der Waals surface area contributed by atoms with Gasteiger partial charge in [-0.25, -0.2) is 0 Å². The Kier molecular flexibility index (Phi) is 9.47. The fourth-order valence-electron chi connectivity index (χ4n) is 9.96. The number of ether oxygens (including phenoxy) is 1. The summed E-state index contributed by atoms with van der Waals surface area (Å²) in [6.07, 6.45) is 16.8. The molecule has 4 nitrogen and oxygen atoms in total. The van der Waals surface area contributed by atoms with Gasteiger partial charge in [-0.05, 0) is 91.3 Å². The number of hydrogen-bond donors (Lipinski definition) is 0. The van der Waals surface area contributed by atoms with Crippen molar-refractivity contribution in [2.24, 2.45) is 46.3 Å². The van der Waals surface area contributed by atoms with Gasteiger partial charge in [-0.1, -0.05) is 89.5 Å². The molecule has 0 bridgehead atoms. The molecule has 5 aliphatic rings. The highest BCUT2D eigenvalue weighted by atomic mass is 32.2. The molecule has 0 radical (unpaired) electrons. The van der Waals surface area contributed by atoms with Crippen LogP contribution in [0, 0.1) is 46.3 Å². The molecular weight excluding hydrogens is 535 g/mol. The topological polar surface area (TPSA) is 46.6 Å². The number of nitrogens with zero attached hydrogens (tertiary/aromatic N) is 1. The number of esters is 1. The van der Waals surface area contributed by atoms with Gasteiger partial charge in [-0.15, -0.1) is 0 Å². The van der Waals surface area contributed by atoms with E-state index in [4.69, 9.17) is 17.0 Å². The summed E-state index contributed by atoms with van der Waals surface area (Å²) in [4.78, 5) is 26.8. The van der Waals surface area contributed by atoms with Gasteiger partial charge in [0.2, 0.25) is 5.91 Å². The molecule has 0 aromatic carbocycles. The van der Waals surface area contributed by atoms with Crippen LogP contribution in [0.25, 0.3) is 0 Å². The van der Waals surface area contributed by atoms with Crippen molar-refractivity contribution in [3.63, 3.8) is 0 Å². The molecule has 224 valence electrons. The van der Waals surface area contributed by atoms with Crippen molar-refractivity contribution in [1.82, 2.24) is 4.90 Å². The van der Waals surface area contributed by atoms with E-state index in [1.54, 1.807) is 10.5 Å². The number of thiocarbonyl (C=S) groups is 1. The molecule has 0 N–H and O–H groups in total. The third-order valence-electron chi connectivity index (χ3n) is 12.2. The standard InChI is InChI=1S/C34H53NO3S2/c1-22(2)7-6-8-23(3)27-11-12-28-26-10-9-24-21-25(15-17-33(24,4)29(26)16-18-34(27,28)5)38-31(37)14-13-30(36)35-19-20-40-32(35)39/h9,22-23,25-29H,6-8,10-21H2,1-5H3/t23-,25+,26+,27-,28+,29+,33+,34-/m1/s1. The third kappa shape index (κ3) is 5.96. The minimum Gasteiger partial charge on any atom is -0.462 e. The lowest BCUT2D eigenvalue weighted by Crippen LogP contribution is -2.51. The lowest BCUT2D eigenvalue weighted by Gasteiger charge is -2.58. The van der Waals surface area contributed by atoms with E-state index in [-0.39, 0.29) is 36.2 Å². The van der Waals surface area contributed by atoms with Gasteiger partial charge in [0, 0.05) is 25.1 Å². The first-order chi connectivity index (χ1) is 19.0. The van der Waals surface area contributed by atoms with Gasteiger partial charge in [0.05, 0.1) is 6.42 Å². The molecule has 0 spiro atoms. The Labute approximate surface area is 253 Å². The average molecular weight is 588 g/mol. The average Bonchev–Trinajstić information content (AvgIpc) is 3.50. The van der Waals surface area contributed by atoms with E-state index in [2.05, 4.69) is 40.7 Å². The molecule has 0 aromatic rings. The summed E-state index contributed by atoms with van der Waals surface area (Å²) in [7, 11) is 0. The Hall–Kier alpha value is -0.880. The number of allylic oxidation sites excluding steroid dienone is 1. The van der Waals surface area contributed by atoms with Gasteiger partial charge in [0.15, 0.2) is 0 Å². The number of amides is 1. The molecule has 5 rings (SSSR count). The largest absolute Gasteiger partial charge is 0.462 e. The number of carbonyl (C=O) groups excluding carboxylic acids is 2. The van der Waals surface area contributed by atoms with Crippen LogP contribution in [0.4, 0.5) is 0 Å². The lowest BCUT2D eigenvalue weighted by atomic mass is 9.47. The van der Waals surface area contributed by atoms with Gasteiger partial charge in [-0.2, -0.15) is 0 Å². The van der Waals surface area contributed by atoms with Crippen LogP contribution in [0.1, 0.15) is 118 Å². The van der Waals surface area contributed by atoms with E-state index < -0.39 is 0 Å². The molecule has 1 saturated heterocycles. The van der Waals surface area contributed by atoms with E-state index in [0.717, 1.165) is 60.5 Å². The number of carbonyl (C=O) groups is 2. The van der Waals surface area contributed by atoms with Crippen LogP contribution in [0.2, 0.25) is 0 Å². The molecule has 0 aromatic heterocycles. The highest BCUT2D eigenvalue weighted by Gasteiger charge is 2.59. The predicted octanol–water partition coefficient (Wildman–Crippen LogP) is 8.58. The molecule has 3 saturated carbocycles. The number of hydrogen-bond acceptors (Lipinski definition) is 5. The predicted molar refractivity (Wildman–Crippen MR) is 169 cm³/mol. The zero-order chi connectivity index (χ0) is 28.7. The molecule has 0 unspecified atom stereocenters. The maximum atomic E-state index is 12.7. The van der Waals surface area contributed by atoms with Crippen LogP contribution in [-0.4, -0.2) is 39.5 Å². The van der Waals surface area contributed by atoms with E-state index in [1.165, 1.54) is 63.1 Å². The van der Waals surface area contributed by atoms with Crippen LogP contribution >= 0.6 is 24.0 Å². The fraction of sp³-hybridized carbons (Fsp3) is 0.853. The van der Waals surface area contributed by atoms with Crippen molar-refractivity contribution in [2.75, 3.05) is 12.3 Å². The van der Waals surface area contributed by atoms with Crippen molar-refractivity contribution in [1.29, 1.82) is 0 Å². The monoisotopic (exact) mass is 587 g/mol.